The lowest BCUT2D eigenvalue weighted by Gasteiger charge is -2.37. The van der Waals surface area contributed by atoms with Crippen molar-refractivity contribution in [2.75, 3.05) is 39.3 Å². The van der Waals surface area contributed by atoms with Crippen LogP contribution in [0.2, 0.25) is 5.02 Å². The van der Waals surface area contributed by atoms with Crippen LogP contribution in [0, 0.1) is 0 Å². The van der Waals surface area contributed by atoms with Crippen molar-refractivity contribution in [3.05, 3.63) is 79.1 Å². The van der Waals surface area contributed by atoms with E-state index in [0.717, 1.165) is 29.8 Å². The van der Waals surface area contributed by atoms with E-state index in [2.05, 4.69) is 28.5 Å². The van der Waals surface area contributed by atoms with Gasteiger partial charge in [0.2, 0.25) is 5.91 Å². The maximum atomic E-state index is 13.4. The van der Waals surface area contributed by atoms with Crippen molar-refractivity contribution in [1.29, 1.82) is 0 Å². The van der Waals surface area contributed by atoms with E-state index in [1.54, 1.807) is 11.3 Å². The van der Waals surface area contributed by atoms with Crippen LogP contribution in [0.4, 0.5) is 0 Å². The second kappa shape index (κ2) is 9.97. The van der Waals surface area contributed by atoms with E-state index < -0.39 is 0 Å². The first kappa shape index (κ1) is 22.6. The molecule has 5 nitrogen and oxygen atoms in total. The summed E-state index contributed by atoms with van der Waals surface area (Å²) in [7, 11) is 0. The lowest BCUT2D eigenvalue weighted by molar-refractivity contribution is -0.132. The third kappa shape index (κ3) is 4.87. The third-order valence-electron chi connectivity index (χ3n) is 6.46. The monoisotopic (exact) mass is 499 g/mol. The van der Waals surface area contributed by atoms with E-state index in [0.29, 0.717) is 37.7 Å². The van der Waals surface area contributed by atoms with Crippen LogP contribution in [0.25, 0.3) is 0 Å². The van der Waals surface area contributed by atoms with Gasteiger partial charge in [-0.1, -0.05) is 29.8 Å². The molecule has 0 bridgehead atoms. The number of benzene rings is 1. The molecule has 0 radical (unpaired) electrons. The Morgan fingerprint density at radius 1 is 0.909 bits per heavy atom. The van der Waals surface area contributed by atoms with E-state index >= 15 is 0 Å². The minimum absolute atomic E-state index is 0.0603. The van der Waals surface area contributed by atoms with Crippen LogP contribution in [-0.4, -0.2) is 65.8 Å². The zero-order chi connectivity index (χ0) is 22.8. The van der Waals surface area contributed by atoms with E-state index in [1.165, 1.54) is 21.8 Å². The topological polar surface area (TPSA) is 43.9 Å². The molecule has 33 heavy (non-hydrogen) atoms. The zero-order valence-electron chi connectivity index (χ0n) is 18.3. The number of thiophene rings is 2. The minimum Gasteiger partial charge on any atom is -0.340 e. The molecule has 0 aliphatic carbocycles. The fraction of sp³-hybridized carbons (Fsp3) is 0.360. The summed E-state index contributed by atoms with van der Waals surface area (Å²) in [6.45, 7) is 3.77. The van der Waals surface area contributed by atoms with Crippen LogP contribution in [0.15, 0.2) is 53.2 Å². The van der Waals surface area contributed by atoms with Gasteiger partial charge in [-0.2, -0.15) is 0 Å². The third-order valence-corrected chi connectivity index (χ3v) is 8.56. The molecule has 1 fully saturated rings. The van der Waals surface area contributed by atoms with Gasteiger partial charge in [0.15, 0.2) is 0 Å². The standard InChI is InChI=1S/C25H26ClN3O2S2/c26-19-6-4-18(5-7-19)24-20-9-16-33-21(20)8-12-29(24)17-23(30)27-10-2-11-28(14-13-27)25(31)22-3-1-15-32-22/h1,3-7,9,15-16,24H,2,8,10-14,17H2. The van der Waals surface area contributed by atoms with Crippen LogP contribution in [0.5, 0.6) is 0 Å². The van der Waals surface area contributed by atoms with Crippen molar-refractivity contribution in [3.8, 4) is 0 Å². The van der Waals surface area contributed by atoms with Crippen LogP contribution < -0.4 is 0 Å². The fourth-order valence-corrected chi connectivity index (χ4v) is 6.49. The number of halogens is 1. The molecular formula is C25H26ClN3O2S2. The summed E-state index contributed by atoms with van der Waals surface area (Å²) in [4.78, 5) is 34.4. The molecule has 2 aliphatic heterocycles. The highest BCUT2D eigenvalue weighted by molar-refractivity contribution is 7.12. The molecule has 1 saturated heterocycles. The van der Waals surface area contributed by atoms with Crippen molar-refractivity contribution in [1.82, 2.24) is 14.7 Å². The summed E-state index contributed by atoms with van der Waals surface area (Å²) in [5.74, 6) is 0.209. The van der Waals surface area contributed by atoms with Crippen LogP contribution >= 0.6 is 34.3 Å². The zero-order valence-corrected chi connectivity index (χ0v) is 20.7. The van der Waals surface area contributed by atoms with Gasteiger partial charge in [0.1, 0.15) is 0 Å². The first-order valence-electron chi connectivity index (χ1n) is 11.3. The Hall–Kier alpha value is -2.19. The Bertz CT molecular complexity index is 1110. The normalized spacial score (nSPS) is 19.2. The molecule has 8 heteroatoms. The number of nitrogens with zero attached hydrogens (tertiary/aromatic N) is 3. The van der Waals surface area contributed by atoms with Gasteiger partial charge in [0.25, 0.3) is 5.91 Å². The summed E-state index contributed by atoms with van der Waals surface area (Å²) in [6.07, 6.45) is 1.77. The Labute approximate surface area is 207 Å². The highest BCUT2D eigenvalue weighted by atomic mass is 35.5. The summed E-state index contributed by atoms with van der Waals surface area (Å²) in [5, 5.41) is 4.79. The molecule has 0 N–H and O–H groups in total. The number of carbonyl (C=O) groups is 2. The summed E-state index contributed by atoms with van der Waals surface area (Å²) in [6, 6.07) is 14.0. The molecule has 1 unspecified atom stereocenters. The van der Waals surface area contributed by atoms with E-state index in [-0.39, 0.29) is 17.9 Å². The van der Waals surface area contributed by atoms with E-state index in [9.17, 15) is 9.59 Å². The van der Waals surface area contributed by atoms with Gasteiger partial charge in [-0.15, -0.1) is 22.7 Å². The van der Waals surface area contributed by atoms with Crippen LogP contribution in [0.3, 0.4) is 0 Å². The Balaban J connectivity index is 1.28. The number of fused-ring (bicyclic) bond motifs is 1. The number of amides is 2. The maximum absolute atomic E-state index is 13.4. The maximum Gasteiger partial charge on any atom is 0.263 e. The molecule has 3 aromatic rings. The minimum atomic E-state index is 0.0603. The van der Waals surface area contributed by atoms with Gasteiger partial charge in [-0.3, -0.25) is 14.5 Å². The molecule has 1 aromatic carbocycles. The second-order valence-corrected chi connectivity index (χ2v) is 10.9. The summed E-state index contributed by atoms with van der Waals surface area (Å²) in [5.41, 5.74) is 2.46. The van der Waals surface area contributed by atoms with Crippen molar-refractivity contribution in [2.24, 2.45) is 0 Å². The smallest absolute Gasteiger partial charge is 0.263 e. The molecule has 1 atom stereocenters. The largest absolute Gasteiger partial charge is 0.340 e. The fourth-order valence-electron chi connectivity index (χ4n) is 4.77. The van der Waals surface area contributed by atoms with Gasteiger partial charge in [0.05, 0.1) is 17.5 Å². The molecule has 2 aromatic heterocycles. The molecule has 5 rings (SSSR count). The van der Waals surface area contributed by atoms with Gasteiger partial charge in [-0.25, -0.2) is 0 Å². The number of hydrogen-bond acceptors (Lipinski definition) is 5. The average Bonchev–Trinajstić information content (AvgIpc) is 3.47. The molecule has 172 valence electrons. The lowest BCUT2D eigenvalue weighted by Crippen LogP contribution is -2.45. The SMILES string of the molecule is O=C(CN1CCc2sccc2C1c1ccc(Cl)cc1)N1CCCN(C(=O)c2cccs2)CC1. The predicted octanol–water partition coefficient (Wildman–Crippen LogP) is 4.79. The first-order valence-corrected chi connectivity index (χ1v) is 13.4. The lowest BCUT2D eigenvalue weighted by atomic mass is 9.93. The second-order valence-electron chi connectivity index (χ2n) is 8.48. The van der Waals surface area contributed by atoms with Crippen molar-refractivity contribution in [2.45, 2.75) is 18.9 Å². The number of carbonyl (C=O) groups excluding carboxylic acids is 2. The quantitative estimate of drug-likeness (QED) is 0.518. The molecule has 0 spiro atoms. The van der Waals surface area contributed by atoms with Crippen LogP contribution in [0.1, 0.15) is 38.1 Å². The Morgan fingerprint density at radius 3 is 2.48 bits per heavy atom. The first-order chi connectivity index (χ1) is 16.1. The summed E-state index contributed by atoms with van der Waals surface area (Å²) >= 11 is 9.40. The Morgan fingerprint density at radius 2 is 1.70 bits per heavy atom. The molecule has 2 amide bonds. The number of hydrogen-bond donors (Lipinski definition) is 0. The van der Waals surface area contributed by atoms with Gasteiger partial charge in [-0.05, 0) is 59.0 Å². The van der Waals surface area contributed by atoms with Crippen molar-refractivity contribution < 1.29 is 9.59 Å². The predicted molar refractivity (Wildman–Crippen MR) is 134 cm³/mol. The molecule has 4 heterocycles. The van der Waals surface area contributed by atoms with Gasteiger partial charge >= 0.3 is 0 Å². The van der Waals surface area contributed by atoms with Crippen molar-refractivity contribution in [3.63, 3.8) is 0 Å². The Kier molecular flexibility index (Phi) is 6.83. The van der Waals surface area contributed by atoms with Crippen LogP contribution in [-0.2, 0) is 11.2 Å². The van der Waals surface area contributed by atoms with Gasteiger partial charge < -0.3 is 9.80 Å². The summed E-state index contributed by atoms with van der Waals surface area (Å²) < 4.78 is 0. The van der Waals surface area contributed by atoms with Gasteiger partial charge in [0, 0.05) is 42.6 Å². The molecule has 0 saturated carbocycles. The highest BCUT2D eigenvalue weighted by Crippen LogP contribution is 2.38. The highest BCUT2D eigenvalue weighted by Gasteiger charge is 2.32. The van der Waals surface area contributed by atoms with E-state index in [4.69, 9.17) is 11.6 Å². The van der Waals surface area contributed by atoms with E-state index in [1.807, 2.05) is 39.4 Å². The molecular weight excluding hydrogens is 474 g/mol. The van der Waals surface area contributed by atoms with Crippen molar-refractivity contribution >= 4 is 46.1 Å². The number of rotatable bonds is 4. The molecule has 2 aliphatic rings. The average molecular weight is 500 g/mol.